The lowest BCUT2D eigenvalue weighted by Crippen LogP contribution is -2.01. The number of aliphatic carboxylic acids is 1. The molecule has 0 spiro atoms. The summed E-state index contributed by atoms with van der Waals surface area (Å²) in [6.07, 6.45) is 0.544. The largest absolute Gasteiger partial charge is 0.481 e. The number of esters is 1. The maximum absolute atomic E-state index is 11.3. The van der Waals surface area contributed by atoms with Gasteiger partial charge >= 0.3 is 11.9 Å². The van der Waals surface area contributed by atoms with Crippen molar-refractivity contribution in [3.05, 3.63) is 21.9 Å². The first kappa shape index (κ1) is 11.7. The third kappa shape index (κ3) is 3.71. The average molecular weight is 228 g/mol. The van der Waals surface area contributed by atoms with E-state index in [4.69, 9.17) is 9.84 Å². The van der Waals surface area contributed by atoms with E-state index in [1.54, 1.807) is 19.1 Å². The van der Waals surface area contributed by atoms with Crippen LogP contribution < -0.4 is 0 Å². The summed E-state index contributed by atoms with van der Waals surface area (Å²) in [6.45, 7) is 2.10. The van der Waals surface area contributed by atoms with Crippen molar-refractivity contribution < 1.29 is 19.4 Å². The van der Waals surface area contributed by atoms with Gasteiger partial charge in [0, 0.05) is 4.88 Å². The van der Waals surface area contributed by atoms with E-state index in [-0.39, 0.29) is 12.4 Å². The Morgan fingerprint density at radius 1 is 1.47 bits per heavy atom. The standard InChI is InChI=1S/C10H12O4S/c1-2-14-10(13)8-5-3-7(15-8)4-6-9(11)12/h3,5H,2,4,6H2,1H3,(H,11,12). The van der Waals surface area contributed by atoms with Crippen LogP contribution in [0.4, 0.5) is 0 Å². The fourth-order valence-corrected chi connectivity index (χ4v) is 1.96. The Balaban J connectivity index is 2.56. The third-order valence-corrected chi connectivity index (χ3v) is 2.85. The first-order chi connectivity index (χ1) is 7.13. The summed E-state index contributed by atoms with van der Waals surface area (Å²) >= 11 is 1.29. The number of rotatable bonds is 5. The molecule has 0 aliphatic carbocycles. The highest BCUT2D eigenvalue weighted by molar-refractivity contribution is 7.13. The molecule has 0 aliphatic rings. The Morgan fingerprint density at radius 2 is 2.20 bits per heavy atom. The van der Waals surface area contributed by atoms with E-state index < -0.39 is 5.97 Å². The predicted molar refractivity (Wildman–Crippen MR) is 56.2 cm³/mol. The Labute approximate surface area is 91.5 Å². The van der Waals surface area contributed by atoms with Gasteiger partial charge in [-0.2, -0.15) is 0 Å². The van der Waals surface area contributed by atoms with Crippen LogP contribution in [0, 0.1) is 0 Å². The Morgan fingerprint density at radius 3 is 2.80 bits per heavy atom. The first-order valence-electron chi connectivity index (χ1n) is 4.61. The highest BCUT2D eigenvalue weighted by atomic mass is 32.1. The van der Waals surface area contributed by atoms with Crippen molar-refractivity contribution in [2.75, 3.05) is 6.61 Å². The molecule has 0 radical (unpaired) electrons. The second-order valence-electron chi connectivity index (χ2n) is 2.88. The molecule has 15 heavy (non-hydrogen) atoms. The van der Waals surface area contributed by atoms with E-state index in [0.29, 0.717) is 17.9 Å². The number of carboxylic acid groups (broad SMARTS) is 1. The van der Waals surface area contributed by atoms with Crippen LogP contribution in [0.25, 0.3) is 0 Å². The van der Waals surface area contributed by atoms with Crippen LogP contribution in [0.2, 0.25) is 0 Å². The van der Waals surface area contributed by atoms with Crippen molar-refractivity contribution >= 4 is 23.3 Å². The topological polar surface area (TPSA) is 63.6 Å². The van der Waals surface area contributed by atoms with Gasteiger partial charge in [0.25, 0.3) is 0 Å². The minimum absolute atomic E-state index is 0.0861. The summed E-state index contributed by atoms with van der Waals surface area (Å²) in [5, 5.41) is 8.49. The molecule has 0 atom stereocenters. The lowest BCUT2D eigenvalue weighted by Gasteiger charge is -1.96. The van der Waals surface area contributed by atoms with Crippen LogP contribution in [0.5, 0.6) is 0 Å². The van der Waals surface area contributed by atoms with Crippen molar-refractivity contribution in [1.29, 1.82) is 0 Å². The molecule has 5 heteroatoms. The van der Waals surface area contributed by atoms with Crippen LogP contribution in [-0.4, -0.2) is 23.7 Å². The van der Waals surface area contributed by atoms with Gasteiger partial charge < -0.3 is 9.84 Å². The van der Waals surface area contributed by atoms with Gasteiger partial charge in [0.1, 0.15) is 4.88 Å². The zero-order valence-corrected chi connectivity index (χ0v) is 9.17. The van der Waals surface area contributed by atoms with E-state index in [0.717, 1.165) is 4.88 Å². The number of carbonyl (C=O) groups is 2. The number of carboxylic acids is 1. The molecule has 1 rings (SSSR count). The minimum atomic E-state index is -0.832. The predicted octanol–water partition coefficient (Wildman–Crippen LogP) is 1.94. The van der Waals surface area contributed by atoms with Gasteiger partial charge in [-0.1, -0.05) is 0 Å². The second kappa shape index (κ2) is 5.50. The Hall–Kier alpha value is -1.36. The van der Waals surface area contributed by atoms with Crippen LogP contribution >= 0.6 is 11.3 Å². The van der Waals surface area contributed by atoms with E-state index in [1.807, 2.05) is 0 Å². The van der Waals surface area contributed by atoms with Crippen LogP contribution in [0.3, 0.4) is 0 Å². The fourth-order valence-electron chi connectivity index (χ4n) is 1.05. The van der Waals surface area contributed by atoms with Gasteiger partial charge in [-0.15, -0.1) is 11.3 Å². The molecule has 1 heterocycles. The van der Waals surface area contributed by atoms with Crippen molar-refractivity contribution in [2.24, 2.45) is 0 Å². The quantitative estimate of drug-likeness (QED) is 0.782. The number of hydrogen-bond acceptors (Lipinski definition) is 4. The van der Waals surface area contributed by atoms with Crippen LogP contribution in [0.1, 0.15) is 27.9 Å². The molecule has 1 aromatic rings. The van der Waals surface area contributed by atoms with Gasteiger partial charge in [-0.3, -0.25) is 4.79 Å². The number of aryl methyl sites for hydroxylation is 1. The van der Waals surface area contributed by atoms with Crippen LogP contribution in [0.15, 0.2) is 12.1 Å². The molecule has 0 saturated carbocycles. The molecule has 0 aromatic carbocycles. The summed E-state index contributed by atoms with van der Waals surface area (Å²) in [5.41, 5.74) is 0. The Kier molecular flexibility index (Phi) is 4.30. The lowest BCUT2D eigenvalue weighted by molar-refractivity contribution is -0.136. The smallest absolute Gasteiger partial charge is 0.348 e. The van der Waals surface area contributed by atoms with Gasteiger partial charge in [0.05, 0.1) is 13.0 Å². The van der Waals surface area contributed by atoms with Gasteiger partial charge in [0.2, 0.25) is 0 Å². The summed E-state index contributed by atoms with van der Waals surface area (Å²) in [6, 6.07) is 3.43. The SMILES string of the molecule is CCOC(=O)c1ccc(CCC(=O)O)s1. The van der Waals surface area contributed by atoms with Gasteiger partial charge in [-0.05, 0) is 25.5 Å². The number of hydrogen-bond donors (Lipinski definition) is 1. The molecule has 0 saturated heterocycles. The molecule has 0 unspecified atom stereocenters. The third-order valence-electron chi connectivity index (χ3n) is 1.72. The van der Waals surface area contributed by atoms with Crippen molar-refractivity contribution in [1.82, 2.24) is 0 Å². The second-order valence-corrected chi connectivity index (χ2v) is 4.05. The van der Waals surface area contributed by atoms with E-state index in [9.17, 15) is 9.59 Å². The minimum Gasteiger partial charge on any atom is -0.481 e. The number of thiophene rings is 1. The summed E-state index contributed by atoms with van der Waals surface area (Å²) in [4.78, 5) is 23.0. The highest BCUT2D eigenvalue weighted by Gasteiger charge is 2.10. The van der Waals surface area contributed by atoms with Gasteiger partial charge in [-0.25, -0.2) is 4.79 Å². The summed E-state index contributed by atoms with van der Waals surface area (Å²) < 4.78 is 4.82. The molecule has 0 aliphatic heterocycles. The van der Waals surface area contributed by atoms with Crippen LogP contribution in [-0.2, 0) is 16.0 Å². The molecule has 4 nitrogen and oxygen atoms in total. The zero-order valence-electron chi connectivity index (χ0n) is 8.36. The molecule has 0 fully saturated rings. The zero-order chi connectivity index (χ0) is 11.3. The number of ether oxygens (including phenoxy) is 1. The average Bonchev–Trinajstić information content (AvgIpc) is 2.63. The lowest BCUT2D eigenvalue weighted by atomic mass is 10.3. The summed E-state index contributed by atoms with van der Waals surface area (Å²) in [7, 11) is 0. The Bertz CT molecular complexity index is 356. The molecule has 0 amide bonds. The normalized spacial score (nSPS) is 9.93. The highest BCUT2D eigenvalue weighted by Crippen LogP contribution is 2.18. The molecule has 1 aromatic heterocycles. The molecule has 0 bridgehead atoms. The maximum atomic E-state index is 11.3. The van der Waals surface area contributed by atoms with Gasteiger partial charge in [0.15, 0.2) is 0 Å². The van der Waals surface area contributed by atoms with E-state index >= 15 is 0 Å². The van der Waals surface area contributed by atoms with E-state index in [1.165, 1.54) is 11.3 Å². The van der Waals surface area contributed by atoms with E-state index in [2.05, 4.69) is 0 Å². The fraction of sp³-hybridized carbons (Fsp3) is 0.400. The van der Waals surface area contributed by atoms with Crippen molar-refractivity contribution in [3.63, 3.8) is 0 Å². The first-order valence-corrected chi connectivity index (χ1v) is 5.42. The maximum Gasteiger partial charge on any atom is 0.348 e. The molecule has 82 valence electrons. The monoisotopic (exact) mass is 228 g/mol. The molecular formula is C10H12O4S. The number of carbonyl (C=O) groups excluding carboxylic acids is 1. The summed E-state index contributed by atoms with van der Waals surface area (Å²) in [5.74, 6) is -1.18. The van der Waals surface area contributed by atoms with Crippen molar-refractivity contribution in [3.8, 4) is 0 Å². The molecular weight excluding hydrogens is 216 g/mol. The molecule has 1 N–H and O–H groups in total. The van der Waals surface area contributed by atoms with Crippen molar-refractivity contribution in [2.45, 2.75) is 19.8 Å².